The van der Waals surface area contributed by atoms with Crippen LogP contribution in [0.25, 0.3) is 0 Å². The van der Waals surface area contributed by atoms with Crippen molar-refractivity contribution in [3.8, 4) is 0 Å². The molecule has 0 rings (SSSR count). The molecule has 0 aliphatic rings. The average Bonchev–Trinajstić information content (AvgIpc) is 1.00. The summed E-state index contributed by atoms with van der Waals surface area (Å²) in [7, 11) is 0. The Balaban J connectivity index is -0.000000000833. The van der Waals surface area contributed by atoms with Crippen LogP contribution in [-0.2, 0) is 25.2 Å². The topological polar surface area (TPSA) is 17.1 Å². The van der Waals surface area contributed by atoms with Crippen molar-refractivity contribution >= 4 is 6.79 Å². The Kier molecular flexibility index (Phi) is 15300. The van der Waals surface area contributed by atoms with Crippen LogP contribution in [0.4, 0.5) is 0 Å². The summed E-state index contributed by atoms with van der Waals surface area (Å²) in [6.45, 7) is 3.25. The van der Waals surface area contributed by atoms with Crippen molar-refractivity contribution < 1.29 is 25.2 Å². The van der Waals surface area contributed by atoms with E-state index in [1.54, 1.807) is 0 Å². The number of hydrogen-bond donors (Lipinski definition) is 0. The van der Waals surface area contributed by atoms with E-state index in [1.807, 2.05) is 0 Å². The minimum absolute atomic E-state index is 0. The Hall–Kier alpha value is 0.332. The van der Waals surface area contributed by atoms with Crippen molar-refractivity contribution in [1.82, 2.24) is 0 Å². The minimum atomic E-state index is 0. The molecule has 0 saturated carbocycles. The van der Waals surface area contributed by atoms with Crippen LogP contribution in [0.15, 0.2) is 0 Å². The molecular formula is C4H10ORe-4. The minimum Gasteiger partial charge on any atom is -0.545 e. The molecule has 0 aliphatic heterocycles. The van der Waals surface area contributed by atoms with Crippen LogP contribution in [0.1, 0.15) is 0 Å². The standard InChI is InChI=1S/CHO.3CH3.Re/c1-2;;;;/h1H;3*1H3;/q4*-1;. The maximum Gasteiger partial charge on any atom is 0 e. The molecule has 6 heavy (non-hydrogen) atoms. The van der Waals surface area contributed by atoms with E-state index in [0.29, 0.717) is 0 Å². The van der Waals surface area contributed by atoms with Crippen LogP contribution in [0, 0.1) is 22.3 Å². The van der Waals surface area contributed by atoms with E-state index in [4.69, 9.17) is 4.79 Å². The van der Waals surface area contributed by atoms with Gasteiger partial charge in [0.05, 0.1) is 0 Å². The van der Waals surface area contributed by atoms with Gasteiger partial charge in [-0.05, 0) is 0 Å². The van der Waals surface area contributed by atoms with Gasteiger partial charge in [0, 0.05) is 20.4 Å². The van der Waals surface area contributed by atoms with Gasteiger partial charge in [0.15, 0.2) is 0 Å². The molecule has 2 heteroatoms. The largest absolute Gasteiger partial charge is 0.545 e. The summed E-state index contributed by atoms with van der Waals surface area (Å²) in [5.74, 6) is 0. The van der Waals surface area contributed by atoms with Crippen LogP contribution in [0.3, 0.4) is 0 Å². The van der Waals surface area contributed by atoms with Crippen molar-refractivity contribution in [3.63, 3.8) is 0 Å². The number of carbonyl (C=O) groups excluding carboxylic acids is 1. The summed E-state index contributed by atoms with van der Waals surface area (Å²) >= 11 is 0. The molecule has 0 atom stereocenters. The first-order chi connectivity index (χ1) is 1.00. The molecule has 0 heterocycles. The van der Waals surface area contributed by atoms with E-state index < -0.39 is 0 Å². The van der Waals surface area contributed by atoms with Gasteiger partial charge < -0.3 is 27.1 Å². The fourth-order valence-electron chi connectivity index (χ4n) is 0. The normalized spacial score (nSPS) is 0.667. The molecule has 0 aromatic carbocycles. The van der Waals surface area contributed by atoms with Crippen LogP contribution in [0.2, 0.25) is 0 Å². The molecule has 0 spiro atoms. The van der Waals surface area contributed by atoms with Gasteiger partial charge in [-0.15, -0.1) is 0 Å². The van der Waals surface area contributed by atoms with E-state index >= 15 is 0 Å². The first-order valence-electron chi connectivity index (χ1n) is 0.236. The second-order valence-electron chi connectivity index (χ2n) is 0. The quantitative estimate of drug-likeness (QED) is 0.470. The molecule has 0 aliphatic carbocycles. The maximum absolute atomic E-state index is 7.75. The summed E-state index contributed by atoms with van der Waals surface area (Å²) < 4.78 is 0. The Bertz CT molecular complexity index is 7.51. The molecule has 0 bridgehead atoms. The second-order valence-corrected chi connectivity index (χ2v) is 0. The molecule has 1 radical (unpaired) electrons. The van der Waals surface area contributed by atoms with E-state index in [-0.39, 0.29) is 42.7 Å². The molecule has 0 fully saturated rings. The summed E-state index contributed by atoms with van der Waals surface area (Å²) in [5, 5.41) is 0. The SMILES string of the molecule is [CH-]=O.[CH3-].[CH3-].[CH3-].[Re]. The Morgan fingerprint density at radius 1 is 0.833 bits per heavy atom. The Morgan fingerprint density at radius 2 is 0.833 bits per heavy atom. The Morgan fingerprint density at radius 3 is 0.833 bits per heavy atom. The molecule has 43 valence electrons. The van der Waals surface area contributed by atoms with Gasteiger partial charge in [0.25, 0.3) is 0 Å². The van der Waals surface area contributed by atoms with E-state index in [1.165, 1.54) is 0 Å². The molecule has 0 unspecified atom stereocenters. The summed E-state index contributed by atoms with van der Waals surface area (Å²) in [5.41, 5.74) is 0. The van der Waals surface area contributed by atoms with E-state index in [0.717, 1.165) is 0 Å². The van der Waals surface area contributed by atoms with Gasteiger partial charge in [0.2, 0.25) is 0 Å². The Labute approximate surface area is 54.8 Å². The number of hydrogen-bond acceptors (Lipinski definition) is 1. The van der Waals surface area contributed by atoms with Gasteiger partial charge in [-0.3, -0.25) is 6.79 Å². The first-order valence-corrected chi connectivity index (χ1v) is 0.236. The van der Waals surface area contributed by atoms with Crippen LogP contribution in [0.5, 0.6) is 0 Å². The smallest absolute Gasteiger partial charge is 0 e. The fraction of sp³-hybridized carbons (Fsp3) is 0. The van der Waals surface area contributed by atoms with Crippen molar-refractivity contribution in [3.05, 3.63) is 22.3 Å². The van der Waals surface area contributed by atoms with Crippen molar-refractivity contribution in [2.24, 2.45) is 0 Å². The van der Waals surface area contributed by atoms with Crippen molar-refractivity contribution in [2.45, 2.75) is 0 Å². The zero-order chi connectivity index (χ0) is 2.00. The summed E-state index contributed by atoms with van der Waals surface area (Å²) in [6.07, 6.45) is 0. The molecule has 0 amide bonds. The van der Waals surface area contributed by atoms with E-state index in [2.05, 4.69) is 6.79 Å². The molecule has 0 N–H and O–H groups in total. The maximum atomic E-state index is 7.75. The predicted octanol–water partition coefficient (Wildman–Crippen LogP) is 1.07. The average molecular weight is 260 g/mol. The third-order valence-corrected chi connectivity index (χ3v) is 0. The van der Waals surface area contributed by atoms with Gasteiger partial charge in [0.1, 0.15) is 0 Å². The summed E-state index contributed by atoms with van der Waals surface area (Å²) in [6, 6.07) is 0. The predicted molar refractivity (Wildman–Crippen MR) is 26.0 cm³/mol. The molecule has 0 aromatic rings. The second kappa shape index (κ2) is 906. The number of rotatable bonds is 0. The third-order valence-electron chi connectivity index (χ3n) is 0. The fourth-order valence-corrected chi connectivity index (χ4v) is 0. The molecule has 1 nitrogen and oxygen atoms in total. The van der Waals surface area contributed by atoms with Crippen LogP contribution >= 0.6 is 0 Å². The van der Waals surface area contributed by atoms with Gasteiger partial charge in [-0.2, -0.15) is 0 Å². The van der Waals surface area contributed by atoms with Gasteiger partial charge in [-0.25, -0.2) is 0 Å². The summed E-state index contributed by atoms with van der Waals surface area (Å²) in [4.78, 5) is 7.75. The molecular weight excluding hydrogens is 250 g/mol. The van der Waals surface area contributed by atoms with E-state index in [9.17, 15) is 0 Å². The zero-order valence-corrected chi connectivity index (χ0v) is 7.08. The van der Waals surface area contributed by atoms with Crippen LogP contribution < -0.4 is 0 Å². The van der Waals surface area contributed by atoms with Crippen LogP contribution in [-0.4, -0.2) is 6.79 Å². The van der Waals surface area contributed by atoms with Crippen molar-refractivity contribution in [1.29, 1.82) is 0 Å². The first kappa shape index (κ1) is 101. The van der Waals surface area contributed by atoms with Gasteiger partial charge in [-0.1, -0.05) is 0 Å². The zero-order valence-electron chi connectivity index (χ0n) is 4.36. The monoisotopic (exact) mass is 261 g/mol. The van der Waals surface area contributed by atoms with Gasteiger partial charge >= 0.3 is 0 Å². The molecule has 0 saturated heterocycles. The molecule has 0 aromatic heterocycles. The third kappa shape index (κ3) is 436. The van der Waals surface area contributed by atoms with Crippen molar-refractivity contribution in [2.75, 3.05) is 0 Å².